The number of aromatic nitrogens is 3. The number of amides is 1. The first-order valence-corrected chi connectivity index (χ1v) is 12.8. The highest BCUT2D eigenvalue weighted by atomic mass is 32.2. The molecule has 0 atom stereocenters. The number of thioether (sulfide) groups is 1. The van der Waals surface area contributed by atoms with E-state index in [1.54, 1.807) is 10.6 Å². The largest absolute Gasteiger partial charge is 0.459 e. The molecular weight excluding hydrogens is 459 g/mol. The van der Waals surface area contributed by atoms with E-state index in [9.17, 15) is 18.8 Å². The van der Waals surface area contributed by atoms with E-state index in [1.807, 2.05) is 18.7 Å². The van der Waals surface area contributed by atoms with Gasteiger partial charge in [-0.3, -0.25) is 18.7 Å². The maximum atomic E-state index is 14.0. The number of nitrogens with one attached hydrogen (secondary N) is 1. The third-order valence-corrected chi connectivity index (χ3v) is 7.99. The van der Waals surface area contributed by atoms with Gasteiger partial charge >= 0.3 is 5.69 Å². The van der Waals surface area contributed by atoms with Gasteiger partial charge in [-0.05, 0) is 69.1 Å². The van der Waals surface area contributed by atoms with E-state index in [4.69, 9.17) is 4.42 Å². The zero-order valence-corrected chi connectivity index (χ0v) is 19.8. The molecule has 10 heteroatoms. The van der Waals surface area contributed by atoms with Crippen molar-refractivity contribution >= 4 is 28.7 Å². The summed E-state index contributed by atoms with van der Waals surface area (Å²) in [5, 5.41) is 3.14. The highest BCUT2D eigenvalue weighted by Gasteiger charge is 2.30. The minimum Gasteiger partial charge on any atom is -0.459 e. The van der Waals surface area contributed by atoms with Crippen LogP contribution in [0.15, 0.2) is 38.6 Å². The maximum Gasteiger partial charge on any atom is 0.333 e. The zero-order valence-electron chi connectivity index (χ0n) is 19.0. The van der Waals surface area contributed by atoms with Crippen LogP contribution in [0.25, 0.3) is 11.0 Å². The fourth-order valence-corrected chi connectivity index (χ4v) is 6.22. The number of fused-ring (bicyclic) bond motifs is 1. The lowest BCUT2D eigenvalue weighted by atomic mass is 9.90. The molecule has 180 valence electrons. The summed E-state index contributed by atoms with van der Waals surface area (Å²) in [6.07, 6.45) is 6.54. The third kappa shape index (κ3) is 4.19. The van der Waals surface area contributed by atoms with Gasteiger partial charge in [-0.2, -0.15) is 11.8 Å². The smallest absolute Gasteiger partial charge is 0.333 e. The van der Waals surface area contributed by atoms with E-state index < -0.39 is 11.4 Å². The Hall–Kier alpha value is -2.88. The van der Waals surface area contributed by atoms with Crippen LogP contribution in [0, 0.1) is 12.7 Å². The first-order chi connectivity index (χ1) is 16.4. The van der Waals surface area contributed by atoms with Crippen molar-refractivity contribution in [3.63, 3.8) is 0 Å². The summed E-state index contributed by atoms with van der Waals surface area (Å²) in [7, 11) is 0. The van der Waals surface area contributed by atoms with E-state index in [2.05, 4.69) is 10.3 Å². The van der Waals surface area contributed by atoms with E-state index in [-0.39, 0.29) is 40.8 Å². The first-order valence-electron chi connectivity index (χ1n) is 11.7. The van der Waals surface area contributed by atoms with Crippen LogP contribution in [0.4, 0.5) is 4.39 Å². The fourth-order valence-electron chi connectivity index (χ4n) is 5.13. The Labute approximate surface area is 199 Å². The molecule has 1 saturated carbocycles. The van der Waals surface area contributed by atoms with Gasteiger partial charge in [0, 0.05) is 23.7 Å². The number of halogens is 1. The summed E-state index contributed by atoms with van der Waals surface area (Å²) in [6.45, 7) is 1.81. The summed E-state index contributed by atoms with van der Waals surface area (Å²) in [5.41, 5.74) is 0.176. The third-order valence-electron chi connectivity index (χ3n) is 6.94. The van der Waals surface area contributed by atoms with Crippen molar-refractivity contribution in [1.29, 1.82) is 0 Å². The minimum atomic E-state index is -0.597. The molecule has 3 aromatic rings. The maximum absolute atomic E-state index is 14.0. The van der Waals surface area contributed by atoms with Crippen molar-refractivity contribution in [3.05, 3.63) is 62.6 Å². The summed E-state index contributed by atoms with van der Waals surface area (Å²) in [5.74, 6) is 1.31. The predicted octanol–water partition coefficient (Wildman–Crippen LogP) is 3.58. The molecule has 4 heterocycles. The van der Waals surface area contributed by atoms with Gasteiger partial charge < -0.3 is 9.73 Å². The van der Waals surface area contributed by atoms with Gasteiger partial charge in [0.15, 0.2) is 5.76 Å². The lowest BCUT2D eigenvalue weighted by Gasteiger charge is -2.31. The summed E-state index contributed by atoms with van der Waals surface area (Å²) < 4.78 is 22.2. The van der Waals surface area contributed by atoms with Crippen molar-refractivity contribution in [2.45, 2.75) is 63.6 Å². The zero-order chi connectivity index (χ0) is 23.8. The van der Waals surface area contributed by atoms with Gasteiger partial charge in [-0.15, -0.1) is 0 Å². The second-order valence-electron chi connectivity index (χ2n) is 9.11. The Morgan fingerprint density at radius 1 is 1.12 bits per heavy atom. The van der Waals surface area contributed by atoms with Gasteiger partial charge in [-0.25, -0.2) is 14.2 Å². The normalized spacial score (nSPS) is 21.6. The van der Waals surface area contributed by atoms with Crippen LogP contribution in [-0.4, -0.2) is 37.6 Å². The van der Waals surface area contributed by atoms with Crippen molar-refractivity contribution in [3.8, 4) is 0 Å². The van der Waals surface area contributed by atoms with E-state index in [0.29, 0.717) is 31.4 Å². The molecule has 0 spiro atoms. The number of aryl methyl sites for hydroxylation is 1. The second kappa shape index (κ2) is 9.40. The van der Waals surface area contributed by atoms with Crippen LogP contribution in [0.1, 0.15) is 66.7 Å². The van der Waals surface area contributed by atoms with Crippen molar-refractivity contribution in [2.24, 2.45) is 0 Å². The van der Waals surface area contributed by atoms with Crippen molar-refractivity contribution in [1.82, 2.24) is 19.4 Å². The SMILES string of the molecule is Cc1ccoc1C(=O)N[C@H]1CC[C@@H](n2c(=O)c3cc(F)cnc3n(C3CCSCC3)c2=O)CC1. The van der Waals surface area contributed by atoms with Crippen LogP contribution in [0.2, 0.25) is 0 Å². The molecule has 2 fully saturated rings. The average Bonchev–Trinajstić information content (AvgIpc) is 3.27. The molecule has 0 radical (unpaired) electrons. The summed E-state index contributed by atoms with van der Waals surface area (Å²) in [4.78, 5) is 43.6. The molecule has 1 aliphatic carbocycles. The fraction of sp³-hybridized carbons (Fsp3) is 0.500. The first kappa shape index (κ1) is 22.9. The summed E-state index contributed by atoms with van der Waals surface area (Å²) in [6, 6.07) is 2.49. The van der Waals surface area contributed by atoms with Crippen LogP contribution >= 0.6 is 11.8 Å². The molecule has 0 unspecified atom stereocenters. The molecule has 3 aromatic heterocycles. The van der Waals surface area contributed by atoms with Crippen LogP contribution < -0.4 is 16.6 Å². The molecule has 34 heavy (non-hydrogen) atoms. The van der Waals surface area contributed by atoms with Gasteiger partial charge in [-0.1, -0.05) is 0 Å². The highest BCUT2D eigenvalue weighted by Crippen LogP contribution is 2.30. The Balaban J connectivity index is 1.44. The Morgan fingerprint density at radius 2 is 1.82 bits per heavy atom. The summed E-state index contributed by atoms with van der Waals surface area (Å²) >= 11 is 1.84. The number of carbonyl (C=O) groups is 1. The molecule has 1 saturated heterocycles. The van der Waals surface area contributed by atoms with E-state index >= 15 is 0 Å². The van der Waals surface area contributed by atoms with Gasteiger partial charge in [0.05, 0.1) is 17.8 Å². The quantitative estimate of drug-likeness (QED) is 0.605. The van der Waals surface area contributed by atoms with E-state index in [0.717, 1.165) is 36.1 Å². The molecule has 2 aliphatic rings. The molecule has 8 nitrogen and oxygen atoms in total. The number of hydrogen-bond acceptors (Lipinski definition) is 6. The number of furan rings is 1. The standard InChI is InChI=1S/C24H27FN4O4S/c1-14-6-9-33-20(14)22(30)27-16-2-4-17(5-3-16)29-23(31)19-12-15(25)13-26-21(19)28(24(29)32)18-7-10-34-11-8-18/h6,9,12-13,16-18H,2-5,7-8,10-11H2,1H3,(H,27,30)/t16-,17+. The molecule has 0 aromatic carbocycles. The van der Waals surface area contributed by atoms with Gasteiger partial charge in [0.1, 0.15) is 11.5 Å². The lowest BCUT2D eigenvalue weighted by molar-refractivity contribution is 0.0893. The van der Waals surface area contributed by atoms with E-state index in [1.165, 1.54) is 16.9 Å². The highest BCUT2D eigenvalue weighted by molar-refractivity contribution is 7.99. The van der Waals surface area contributed by atoms with Crippen LogP contribution in [-0.2, 0) is 0 Å². The molecule has 1 N–H and O–H groups in total. The number of pyridine rings is 1. The molecular formula is C24H27FN4O4S. The Kier molecular flexibility index (Phi) is 6.33. The second-order valence-corrected chi connectivity index (χ2v) is 10.3. The molecule has 0 bridgehead atoms. The van der Waals surface area contributed by atoms with Gasteiger partial charge in [0.25, 0.3) is 11.5 Å². The van der Waals surface area contributed by atoms with Crippen LogP contribution in [0.5, 0.6) is 0 Å². The van der Waals surface area contributed by atoms with Gasteiger partial charge in [0.2, 0.25) is 0 Å². The average molecular weight is 487 g/mol. The number of carbonyl (C=O) groups excluding carboxylic acids is 1. The monoisotopic (exact) mass is 486 g/mol. The predicted molar refractivity (Wildman–Crippen MR) is 128 cm³/mol. The lowest BCUT2D eigenvalue weighted by Crippen LogP contribution is -2.46. The molecule has 1 aliphatic heterocycles. The number of rotatable bonds is 4. The number of nitrogens with zero attached hydrogens (tertiary/aromatic N) is 3. The van der Waals surface area contributed by atoms with Crippen LogP contribution in [0.3, 0.4) is 0 Å². The van der Waals surface area contributed by atoms with Crippen molar-refractivity contribution < 1.29 is 13.6 Å². The van der Waals surface area contributed by atoms with Crippen molar-refractivity contribution in [2.75, 3.05) is 11.5 Å². The Bertz CT molecular complexity index is 1330. The number of hydrogen-bond donors (Lipinski definition) is 1. The minimum absolute atomic E-state index is 0.0618. The molecule has 5 rings (SSSR count). The Morgan fingerprint density at radius 3 is 2.50 bits per heavy atom. The molecule has 1 amide bonds. The topological polar surface area (TPSA) is 99.1 Å².